The van der Waals surface area contributed by atoms with E-state index in [1.54, 1.807) is 12.3 Å². The monoisotopic (exact) mass is 348 g/mol. The average molecular weight is 349 g/mol. The Morgan fingerprint density at radius 2 is 2.08 bits per heavy atom. The van der Waals surface area contributed by atoms with Gasteiger partial charge in [0.05, 0.1) is 17.2 Å². The predicted octanol–water partition coefficient (Wildman–Crippen LogP) is 1.39. The summed E-state index contributed by atoms with van der Waals surface area (Å²) in [5.41, 5.74) is 5.91. The first-order chi connectivity index (χ1) is 11.2. The third-order valence-electron chi connectivity index (χ3n) is 6.00. The number of piperidine rings is 3. The van der Waals surface area contributed by atoms with Gasteiger partial charge in [-0.15, -0.1) is 12.4 Å². The van der Waals surface area contributed by atoms with Gasteiger partial charge in [0.15, 0.2) is 5.78 Å². The Balaban J connectivity index is 0.00000146. The first-order valence-electron chi connectivity index (χ1n) is 8.40. The average Bonchev–Trinajstić information content (AvgIpc) is 2.91. The molecule has 0 aromatic carbocycles. The number of nitrogens with zero attached hydrogens (tertiary/aromatic N) is 3. The number of hydrogen-bond acceptors (Lipinski definition) is 5. The van der Waals surface area contributed by atoms with Crippen molar-refractivity contribution in [1.29, 1.82) is 0 Å². The molecule has 0 amide bonds. The Morgan fingerprint density at radius 3 is 2.79 bits per heavy atom. The number of allylic oxidation sites excluding steroid dienone is 1. The van der Waals surface area contributed by atoms with Gasteiger partial charge in [0.2, 0.25) is 5.90 Å². The maximum atomic E-state index is 12.9. The van der Waals surface area contributed by atoms with E-state index in [2.05, 4.69) is 15.3 Å². The zero-order chi connectivity index (χ0) is 15.6. The minimum atomic E-state index is -0.0688. The number of aliphatic hydroxyl groups is 1. The number of aliphatic hydroxyl groups excluding tert-OH is 1. The Hall–Kier alpha value is -1.63. The highest BCUT2D eigenvalue weighted by molar-refractivity contribution is 6.08. The topological polar surface area (TPSA) is 68.2 Å². The van der Waals surface area contributed by atoms with Crippen LogP contribution in [0.2, 0.25) is 0 Å². The third kappa shape index (κ3) is 2.17. The van der Waals surface area contributed by atoms with Crippen molar-refractivity contribution >= 4 is 24.1 Å². The van der Waals surface area contributed by atoms with E-state index in [-0.39, 0.29) is 30.0 Å². The first kappa shape index (κ1) is 15.9. The molecule has 7 heteroatoms. The number of rotatable bonds is 1. The number of hydrogen-bond donors (Lipinski definition) is 2. The van der Waals surface area contributed by atoms with Crippen molar-refractivity contribution in [2.45, 2.75) is 12.8 Å². The standard InChI is InChI=1S/C17H20N4O2.ClH/c22-14-7-11-16-12(8-19-21(16)6-3-18-17(11)23)15(14)13-9-20-4-1-10(13)2-5-20;/h3,6-7,10,13,15,19H,1-2,4-5,8-9H2,(H,18,23);1H. The summed E-state index contributed by atoms with van der Waals surface area (Å²) in [5, 5.41) is 12.0. The molecule has 5 aliphatic heterocycles. The van der Waals surface area contributed by atoms with Crippen molar-refractivity contribution in [2.24, 2.45) is 22.7 Å². The Kier molecular flexibility index (Phi) is 3.78. The van der Waals surface area contributed by atoms with Crippen LogP contribution in [0.25, 0.3) is 0 Å². The minimum Gasteiger partial charge on any atom is -0.493 e. The molecule has 5 heterocycles. The van der Waals surface area contributed by atoms with E-state index in [1.807, 2.05) is 11.2 Å². The van der Waals surface area contributed by atoms with Gasteiger partial charge in [-0.25, -0.2) is 10.4 Å². The summed E-state index contributed by atoms with van der Waals surface area (Å²) in [7, 11) is 0. The largest absolute Gasteiger partial charge is 0.493 e. The summed E-state index contributed by atoms with van der Waals surface area (Å²) >= 11 is 0. The molecule has 2 N–H and O–H groups in total. The quantitative estimate of drug-likeness (QED) is 0.749. The van der Waals surface area contributed by atoms with Gasteiger partial charge in [-0.05, 0) is 49.4 Å². The molecule has 6 rings (SSSR count). The molecule has 128 valence electrons. The molecular weight excluding hydrogens is 328 g/mol. The van der Waals surface area contributed by atoms with Crippen molar-refractivity contribution in [1.82, 2.24) is 15.3 Å². The number of nitrogens with one attached hydrogen (secondary N) is 1. The van der Waals surface area contributed by atoms with E-state index in [4.69, 9.17) is 0 Å². The molecule has 6 aliphatic rings. The van der Waals surface area contributed by atoms with Gasteiger partial charge in [-0.3, -0.25) is 9.80 Å². The summed E-state index contributed by atoms with van der Waals surface area (Å²) in [6, 6.07) is 0. The van der Waals surface area contributed by atoms with Crippen LogP contribution in [-0.4, -0.2) is 52.9 Å². The van der Waals surface area contributed by atoms with Crippen LogP contribution in [0.1, 0.15) is 12.8 Å². The summed E-state index contributed by atoms with van der Waals surface area (Å²) in [6.07, 6.45) is 7.38. The van der Waals surface area contributed by atoms with Crippen molar-refractivity contribution in [2.75, 3.05) is 26.2 Å². The number of fused-ring (bicyclic) bond motifs is 3. The van der Waals surface area contributed by atoms with Crippen LogP contribution in [-0.2, 0) is 4.79 Å². The predicted molar refractivity (Wildman–Crippen MR) is 92.6 cm³/mol. The maximum absolute atomic E-state index is 12.9. The van der Waals surface area contributed by atoms with Crippen molar-refractivity contribution in [3.05, 3.63) is 35.3 Å². The first-order valence-corrected chi connectivity index (χ1v) is 8.40. The van der Waals surface area contributed by atoms with Gasteiger partial charge >= 0.3 is 0 Å². The third-order valence-corrected chi connectivity index (χ3v) is 6.00. The minimum absolute atomic E-state index is 0. The van der Waals surface area contributed by atoms with Crippen LogP contribution in [0.4, 0.5) is 0 Å². The highest BCUT2D eigenvalue weighted by Gasteiger charge is 2.47. The van der Waals surface area contributed by atoms with Crippen molar-refractivity contribution in [3.63, 3.8) is 0 Å². The molecule has 2 bridgehead atoms. The van der Waals surface area contributed by atoms with Gasteiger partial charge in [-0.1, -0.05) is 0 Å². The molecule has 24 heavy (non-hydrogen) atoms. The van der Waals surface area contributed by atoms with Crippen LogP contribution < -0.4 is 5.43 Å². The fourth-order valence-electron chi connectivity index (χ4n) is 4.92. The molecule has 2 unspecified atom stereocenters. The normalized spacial score (nSPS) is 36.8. The molecule has 0 spiro atoms. The Morgan fingerprint density at radius 1 is 1.29 bits per heavy atom. The summed E-state index contributed by atoms with van der Waals surface area (Å²) in [5.74, 6) is 1.05. The van der Waals surface area contributed by atoms with E-state index in [0.29, 0.717) is 24.0 Å². The highest BCUT2D eigenvalue weighted by atomic mass is 35.5. The van der Waals surface area contributed by atoms with Crippen LogP contribution in [0.5, 0.6) is 0 Å². The number of carbonyl (C=O) groups is 1. The second-order valence-corrected chi connectivity index (χ2v) is 7.07. The van der Waals surface area contributed by atoms with Crippen LogP contribution >= 0.6 is 12.4 Å². The van der Waals surface area contributed by atoms with Crippen molar-refractivity contribution in [3.8, 4) is 0 Å². The maximum Gasteiger partial charge on any atom is 0.220 e. The van der Waals surface area contributed by atoms with Gasteiger partial charge in [0.1, 0.15) is 0 Å². The molecule has 0 saturated carbocycles. The Bertz CT molecular complexity index is 703. The van der Waals surface area contributed by atoms with E-state index in [1.165, 1.54) is 25.9 Å². The molecule has 6 nitrogen and oxygen atoms in total. The second-order valence-electron chi connectivity index (χ2n) is 7.07. The molecular formula is C17H21ClN4O2. The van der Waals surface area contributed by atoms with Gasteiger partial charge in [-0.2, -0.15) is 0 Å². The molecule has 0 radical (unpaired) electrons. The fourth-order valence-corrected chi connectivity index (χ4v) is 4.92. The fraction of sp³-hybridized carbons (Fsp3) is 0.529. The molecule has 3 fully saturated rings. The van der Waals surface area contributed by atoms with Gasteiger partial charge < -0.3 is 10.0 Å². The number of ketones is 1. The lowest BCUT2D eigenvalue weighted by atomic mass is 9.67. The van der Waals surface area contributed by atoms with E-state index < -0.39 is 0 Å². The molecule has 0 aromatic heterocycles. The Labute approximate surface area is 147 Å². The lowest BCUT2D eigenvalue weighted by Crippen LogP contribution is -2.51. The zero-order valence-electron chi connectivity index (χ0n) is 13.3. The molecule has 1 aliphatic carbocycles. The smallest absolute Gasteiger partial charge is 0.220 e. The van der Waals surface area contributed by atoms with Gasteiger partial charge in [0, 0.05) is 25.5 Å². The number of carbonyl (C=O) groups excluding carboxylic acids is 1. The number of hydrazine groups is 1. The second kappa shape index (κ2) is 5.72. The summed E-state index contributed by atoms with van der Waals surface area (Å²) < 4.78 is 0. The molecule has 0 aromatic rings. The lowest BCUT2D eigenvalue weighted by Gasteiger charge is -2.48. The summed E-state index contributed by atoms with van der Waals surface area (Å²) in [4.78, 5) is 19.4. The van der Waals surface area contributed by atoms with E-state index in [0.717, 1.165) is 17.8 Å². The SMILES string of the molecule is Cl.O=C1C=C2C(O)=NC=CN3NCC(=C23)C1C1CN2CCC1CC2. The van der Waals surface area contributed by atoms with Crippen LogP contribution in [0.3, 0.4) is 0 Å². The zero-order valence-corrected chi connectivity index (χ0v) is 14.1. The highest BCUT2D eigenvalue weighted by Crippen LogP contribution is 2.44. The number of aliphatic imine (C=N–C) groups is 1. The lowest BCUT2D eigenvalue weighted by molar-refractivity contribution is -0.121. The van der Waals surface area contributed by atoms with E-state index in [9.17, 15) is 9.90 Å². The van der Waals surface area contributed by atoms with Crippen LogP contribution in [0.15, 0.2) is 40.3 Å². The van der Waals surface area contributed by atoms with Crippen LogP contribution in [0, 0.1) is 17.8 Å². The summed E-state index contributed by atoms with van der Waals surface area (Å²) in [6.45, 7) is 4.05. The molecule has 2 atom stereocenters. The van der Waals surface area contributed by atoms with Crippen molar-refractivity contribution < 1.29 is 9.90 Å². The van der Waals surface area contributed by atoms with E-state index >= 15 is 0 Å². The van der Waals surface area contributed by atoms with Gasteiger partial charge in [0.25, 0.3) is 0 Å². The molecule has 3 saturated heterocycles. The number of halogens is 1.